The van der Waals surface area contributed by atoms with Crippen LogP contribution in [0.25, 0.3) is 10.8 Å². The minimum absolute atomic E-state index is 0.332. The molecular weight excluding hydrogens is 372 g/mol. The molecule has 0 fully saturated rings. The van der Waals surface area contributed by atoms with Gasteiger partial charge in [0.05, 0.1) is 5.56 Å². The molecule has 30 heavy (non-hydrogen) atoms. The number of fused-ring (bicyclic) bond motifs is 1. The normalized spacial score (nSPS) is 10.6. The summed E-state index contributed by atoms with van der Waals surface area (Å²) in [6, 6.07) is 12.8. The van der Waals surface area contributed by atoms with Gasteiger partial charge in [-0.2, -0.15) is 0 Å². The predicted octanol–water partition coefficient (Wildman–Crippen LogP) is 8.00. The molecular formula is C27H42O3. The fourth-order valence-electron chi connectivity index (χ4n) is 3.63. The van der Waals surface area contributed by atoms with Crippen LogP contribution in [0.4, 0.5) is 0 Å². The largest absolute Gasteiger partial charge is 0.478 e. The number of hydrogen-bond acceptors (Lipinski definition) is 2. The third kappa shape index (κ3) is 12.6. The van der Waals surface area contributed by atoms with Crippen molar-refractivity contribution >= 4 is 16.7 Å². The molecule has 0 heterocycles. The van der Waals surface area contributed by atoms with Crippen LogP contribution in [-0.4, -0.2) is 22.8 Å². The zero-order chi connectivity index (χ0) is 21.9. The first-order chi connectivity index (χ1) is 14.7. The van der Waals surface area contributed by atoms with E-state index in [1.807, 2.05) is 30.3 Å². The van der Waals surface area contributed by atoms with E-state index in [4.69, 9.17) is 10.2 Å². The van der Waals surface area contributed by atoms with Crippen molar-refractivity contribution in [3.63, 3.8) is 0 Å². The van der Waals surface area contributed by atoms with Gasteiger partial charge in [-0.1, -0.05) is 121 Å². The quantitative estimate of drug-likeness (QED) is 0.290. The van der Waals surface area contributed by atoms with Crippen molar-refractivity contribution in [1.82, 2.24) is 0 Å². The third-order valence-electron chi connectivity index (χ3n) is 5.51. The van der Waals surface area contributed by atoms with Crippen molar-refractivity contribution in [2.24, 2.45) is 0 Å². The average Bonchev–Trinajstić information content (AvgIpc) is 2.77. The number of carboxylic acids is 1. The summed E-state index contributed by atoms with van der Waals surface area (Å²) in [5, 5.41) is 19.4. The number of carboxylic acid groups (broad SMARTS) is 1. The topological polar surface area (TPSA) is 57.5 Å². The molecule has 0 aliphatic carbocycles. The van der Waals surface area contributed by atoms with Gasteiger partial charge in [-0.3, -0.25) is 0 Å². The Morgan fingerprint density at radius 3 is 1.60 bits per heavy atom. The smallest absolute Gasteiger partial charge is 0.335 e. The highest BCUT2D eigenvalue weighted by Gasteiger charge is 2.02. The first kappa shape index (κ1) is 26.2. The summed E-state index contributed by atoms with van der Waals surface area (Å²) in [6.45, 7) is 2.65. The zero-order valence-corrected chi connectivity index (χ0v) is 19.0. The Morgan fingerprint density at radius 1 is 0.667 bits per heavy atom. The molecule has 0 bridgehead atoms. The minimum atomic E-state index is -0.884. The first-order valence-corrected chi connectivity index (χ1v) is 12.0. The lowest BCUT2D eigenvalue weighted by atomic mass is 10.0. The monoisotopic (exact) mass is 414 g/mol. The average molecular weight is 415 g/mol. The highest BCUT2D eigenvalue weighted by Crippen LogP contribution is 2.15. The van der Waals surface area contributed by atoms with Gasteiger partial charge in [0.15, 0.2) is 0 Å². The van der Waals surface area contributed by atoms with Gasteiger partial charge >= 0.3 is 5.97 Å². The van der Waals surface area contributed by atoms with E-state index in [0.717, 1.165) is 17.2 Å². The molecule has 0 radical (unpaired) electrons. The van der Waals surface area contributed by atoms with Gasteiger partial charge in [0, 0.05) is 6.61 Å². The SMILES string of the molecule is CCCCCCCCCCCCCCCCO.O=C(O)c1ccc2ccccc2c1. The van der Waals surface area contributed by atoms with Crippen molar-refractivity contribution in [3.05, 3.63) is 48.0 Å². The van der Waals surface area contributed by atoms with Crippen molar-refractivity contribution in [2.45, 2.75) is 96.8 Å². The lowest BCUT2D eigenvalue weighted by Crippen LogP contribution is -1.94. The molecule has 0 atom stereocenters. The molecule has 0 saturated heterocycles. The van der Waals surface area contributed by atoms with Gasteiger partial charge in [-0.05, 0) is 29.3 Å². The second-order valence-electron chi connectivity index (χ2n) is 8.19. The van der Waals surface area contributed by atoms with Crippen molar-refractivity contribution in [2.75, 3.05) is 6.61 Å². The van der Waals surface area contributed by atoms with Crippen LogP contribution >= 0.6 is 0 Å². The molecule has 2 aromatic rings. The molecule has 0 aliphatic rings. The molecule has 0 unspecified atom stereocenters. The van der Waals surface area contributed by atoms with Crippen molar-refractivity contribution in [3.8, 4) is 0 Å². The van der Waals surface area contributed by atoms with Crippen LogP contribution < -0.4 is 0 Å². The van der Waals surface area contributed by atoms with Crippen LogP contribution in [-0.2, 0) is 0 Å². The Hall–Kier alpha value is -1.87. The molecule has 3 nitrogen and oxygen atoms in total. The third-order valence-corrected chi connectivity index (χ3v) is 5.51. The molecule has 168 valence electrons. The van der Waals surface area contributed by atoms with Gasteiger partial charge in [0.1, 0.15) is 0 Å². The molecule has 3 heteroatoms. The molecule has 2 N–H and O–H groups in total. The van der Waals surface area contributed by atoms with Gasteiger partial charge in [0.2, 0.25) is 0 Å². The number of rotatable bonds is 15. The Morgan fingerprint density at radius 2 is 1.13 bits per heavy atom. The number of aliphatic hydroxyl groups excluding tert-OH is 1. The van der Waals surface area contributed by atoms with Crippen LogP contribution in [0, 0.1) is 0 Å². The Balaban J connectivity index is 0.000000308. The summed E-state index contributed by atoms with van der Waals surface area (Å²) in [7, 11) is 0. The molecule has 0 amide bonds. The summed E-state index contributed by atoms with van der Waals surface area (Å²) in [6.07, 6.45) is 19.2. The molecule has 0 aromatic heterocycles. The summed E-state index contributed by atoms with van der Waals surface area (Å²) in [5.74, 6) is -0.884. The summed E-state index contributed by atoms with van der Waals surface area (Å²) in [5.41, 5.74) is 0.332. The van der Waals surface area contributed by atoms with Crippen LogP contribution in [0.5, 0.6) is 0 Å². The highest BCUT2D eigenvalue weighted by molar-refractivity contribution is 5.94. The number of aromatic carboxylic acids is 1. The molecule has 2 rings (SSSR count). The molecule has 2 aromatic carbocycles. The standard InChI is InChI=1S/C16H34O.C11H8O2/c1-2-3-4-5-6-7-8-9-10-11-12-13-14-15-16-17;12-11(13)10-6-5-8-3-1-2-4-9(8)7-10/h17H,2-16H2,1H3;1-7H,(H,12,13). The van der Waals surface area contributed by atoms with Gasteiger partial charge in [-0.25, -0.2) is 4.79 Å². The van der Waals surface area contributed by atoms with Crippen LogP contribution in [0.15, 0.2) is 42.5 Å². The maximum atomic E-state index is 10.6. The maximum absolute atomic E-state index is 10.6. The number of benzene rings is 2. The van der Waals surface area contributed by atoms with Crippen molar-refractivity contribution < 1.29 is 15.0 Å². The second kappa shape index (κ2) is 17.9. The second-order valence-corrected chi connectivity index (χ2v) is 8.19. The van der Waals surface area contributed by atoms with Crippen LogP contribution in [0.2, 0.25) is 0 Å². The number of aliphatic hydroxyl groups is 1. The predicted molar refractivity (Wildman–Crippen MR) is 128 cm³/mol. The Labute approximate surface area is 183 Å². The summed E-state index contributed by atoms with van der Waals surface area (Å²) < 4.78 is 0. The first-order valence-electron chi connectivity index (χ1n) is 12.0. The van der Waals surface area contributed by atoms with E-state index >= 15 is 0 Å². The number of carbonyl (C=O) groups is 1. The zero-order valence-electron chi connectivity index (χ0n) is 19.0. The Kier molecular flexibility index (Phi) is 15.7. The highest BCUT2D eigenvalue weighted by atomic mass is 16.4. The molecule has 0 spiro atoms. The lowest BCUT2D eigenvalue weighted by molar-refractivity contribution is 0.0697. The van der Waals surface area contributed by atoms with Gasteiger partial charge in [-0.15, -0.1) is 0 Å². The minimum Gasteiger partial charge on any atom is -0.478 e. The van der Waals surface area contributed by atoms with E-state index in [-0.39, 0.29) is 0 Å². The van der Waals surface area contributed by atoms with Crippen molar-refractivity contribution in [1.29, 1.82) is 0 Å². The van der Waals surface area contributed by atoms with E-state index in [0.29, 0.717) is 12.2 Å². The van der Waals surface area contributed by atoms with Gasteiger partial charge in [0.25, 0.3) is 0 Å². The fourth-order valence-corrected chi connectivity index (χ4v) is 3.63. The van der Waals surface area contributed by atoms with Crippen LogP contribution in [0.1, 0.15) is 107 Å². The van der Waals surface area contributed by atoms with Gasteiger partial charge < -0.3 is 10.2 Å². The van der Waals surface area contributed by atoms with E-state index in [9.17, 15) is 4.79 Å². The number of hydrogen-bond donors (Lipinski definition) is 2. The van der Waals surface area contributed by atoms with E-state index < -0.39 is 5.97 Å². The summed E-state index contributed by atoms with van der Waals surface area (Å²) in [4.78, 5) is 10.6. The van der Waals surface area contributed by atoms with E-state index in [1.165, 1.54) is 83.5 Å². The summed E-state index contributed by atoms with van der Waals surface area (Å²) >= 11 is 0. The molecule has 0 aliphatic heterocycles. The number of unbranched alkanes of at least 4 members (excludes halogenated alkanes) is 13. The van der Waals surface area contributed by atoms with E-state index in [1.54, 1.807) is 12.1 Å². The van der Waals surface area contributed by atoms with E-state index in [2.05, 4.69) is 6.92 Å². The Bertz CT molecular complexity index is 667. The fraction of sp³-hybridized carbons (Fsp3) is 0.593. The maximum Gasteiger partial charge on any atom is 0.335 e. The lowest BCUT2D eigenvalue weighted by Gasteiger charge is -2.02. The van der Waals surface area contributed by atoms with Crippen LogP contribution in [0.3, 0.4) is 0 Å². The molecule has 0 saturated carbocycles.